The van der Waals surface area contributed by atoms with Gasteiger partial charge in [0.05, 0.1) is 5.56 Å². The lowest BCUT2D eigenvalue weighted by Gasteiger charge is -2.14. The van der Waals surface area contributed by atoms with Crippen molar-refractivity contribution < 1.29 is 4.79 Å². The van der Waals surface area contributed by atoms with Crippen molar-refractivity contribution in [2.75, 3.05) is 0 Å². The number of carbonyl (C=O) groups excluding carboxylic acids is 1. The van der Waals surface area contributed by atoms with Gasteiger partial charge in [-0.2, -0.15) is 11.3 Å². The molecule has 1 aromatic carbocycles. The van der Waals surface area contributed by atoms with Gasteiger partial charge in [-0.05, 0) is 69.9 Å². The molecule has 0 aliphatic rings. The van der Waals surface area contributed by atoms with E-state index in [4.69, 9.17) is 0 Å². The molecule has 0 bridgehead atoms. The van der Waals surface area contributed by atoms with E-state index < -0.39 is 0 Å². The summed E-state index contributed by atoms with van der Waals surface area (Å²) in [6.45, 7) is 2.02. The first kappa shape index (κ1) is 14.8. The summed E-state index contributed by atoms with van der Waals surface area (Å²) >= 11 is 8.46. The van der Waals surface area contributed by atoms with Crippen LogP contribution in [0.15, 0.2) is 44.0 Å². The molecule has 19 heavy (non-hydrogen) atoms. The fraction of sp³-hybridized carbons (Fsp3) is 0.214. The molecule has 1 N–H and O–H groups in total. The Morgan fingerprint density at radius 3 is 2.79 bits per heavy atom. The third kappa shape index (κ3) is 4.16. The lowest BCUT2D eigenvalue weighted by atomic mass is 10.1. The van der Waals surface area contributed by atoms with Crippen molar-refractivity contribution in [1.29, 1.82) is 0 Å². The lowest BCUT2D eigenvalue weighted by molar-refractivity contribution is 0.0939. The van der Waals surface area contributed by atoms with Crippen molar-refractivity contribution in [1.82, 2.24) is 5.32 Å². The molecule has 2 rings (SSSR count). The second-order valence-electron chi connectivity index (χ2n) is 4.33. The maximum Gasteiger partial charge on any atom is 0.252 e. The molecule has 0 spiro atoms. The fourth-order valence-electron chi connectivity index (χ4n) is 1.79. The van der Waals surface area contributed by atoms with E-state index in [0.29, 0.717) is 5.56 Å². The molecule has 1 unspecified atom stereocenters. The minimum atomic E-state index is -0.0536. The molecular weight excluding hydrogens is 390 g/mol. The van der Waals surface area contributed by atoms with Crippen molar-refractivity contribution in [3.05, 3.63) is 55.1 Å². The normalized spacial score (nSPS) is 12.2. The highest BCUT2D eigenvalue weighted by molar-refractivity contribution is 9.11. The third-order valence-electron chi connectivity index (χ3n) is 2.68. The zero-order chi connectivity index (χ0) is 13.8. The van der Waals surface area contributed by atoms with Crippen LogP contribution in [0.1, 0.15) is 22.8 Å². The first-order chi connectivity index (χ1) is 9.06. The number of nitrogens with one attached hydrogen (secondary N) is 1. The second-order valence-corrected chi connectivity index (χ2v) is 6.88. The third-order valence-corrected chi connectivity index (χ3v) is 4.56. The van der Waals surface area contributed by atoms with Crippen LogP contribution in [-0.2, 0) is 6.42 Å². The zero-order valence-electron chi connectivity index (χ0n) is 10.3. The van der Waals surface area contributed by atoms with Crippen molar-refractivity contribution in [2.24, 2.45) is 0 Å². The van der Waals surface area contributed by atoms with E-state index in [1.54, 1.807) is 17.4 Å². The first-order valence-corrected chi connectivity index (χ1v) is 8.36. The van der Waals surface area contributed by atoms with Crippen LogP contribution in [0.5, 0.6) is 0 Å². The second kappa shape index (κ2) is 6.68. The Morgan fingerprint density at radius 2 is 2.16 bits per heavy atom. The van der Waals surface area contributed by atoms with E-state index in [1.165, 1.54) is 5.56 Å². The summed E-state index contributed by atoms with van der Waals surface area (Å²) in [6, 6.07) is 7.74. The van der Waals surface area contributed by atoms with Crippen LogP contribution >= 0.6 is 43.2 Å². The molecule has 0 aliphatic carbocycles. The topological polar surface area (TPSA) is 29.1 Å². The molecule has 1 heterocycles. The number of rotatable bonds is 4. The predicted octanol–water partition coefficient (Wildman–Crippen LogP) is 4.63. The number of benzene rings is 1. The van der Waals surface area contributed by atoms with Gasteiger partial charge in [0.1, 0.15) is 0 Å². The van der Waals surface area contributed by atoms with Gasteiger partial charge in [0.25, 0.3) is 5.91 Å². The summed E-state index contributed by atoms with van der Waals surface area (Å²) in [6.07, 6.45) is 0.851. The van der Waals surface area contributed by atoms with Gasteiger partial charge in [-0.3, -0.25) is 4.79 Å². The predicted molar refractivity (Wildman–Crippen MR) is 86.8 cm³/mol. The maximum atomic E-state index is 12.2. The van der Waals surface area contributed by atoms with E-state index in [1.807, 2.05) is 19.1 Å². The number of hydrogen-bond donors (Lipinski definition) is 1. The van der Waals surface area contributed by atoms with Crippen LogP contribution in [0.4, 0.5) is 0 Å². The SMILES string of the molecule is CC(Cc1ccsc1)NC(=O)c1ccc(Br)cc1Br. The van der Waals surface area contributed by atoms with Crippen molar-refractivity contribution in [3.63, 3.8) is 0 Å². The molecule has 100 valence electrons. The van der Waals surface area contributed by atoms with Gasteiger partial charge in [-0.15, -0.1) is 0 Å². The molecule has 1 atom stereocenters. The van der Waals surface area contributed by atoms with Gasteiger partial charge in [-0.1, -0.05) is 15.9 Å². The molecule has 2 aromatic rings. The van der Waals surface area contributed by atoms with E-state index >= 15 is 0 Å². The van der Waals surface area contributed by atoms with Crippen LogP contribution in [-0.4, -0.2) is 11.9 Å². The average molecular weight is 403 g/mol. The van der Waals surface area contributed by atoms with Crippen LogP contribution in [0, 0.1) is 0 Å². The first-order valence-electron chi connectivity index (χ1n) is 5.83. The van der Waals surface area contributed by atoms with Gasteiger partial charge in [-0.25, -0.2) is 0 Å². The van der Waals surface area contributed by atoms with Gasteiger partial charge < -0.3 is 5.32 Å². The summed E-state index contributed by atoms with van der Waals surface area (Å²) in [5.41, 5.74) is 1.91. The van der Waals surface area contributed by atoms with Crippen LogP contribution in [0.3, 0.4) is 0 Å². The molecule has 2 nitrogen and oxygen atoms in total. The number of halogens is 2. The summed E-state index contributed by atoms with van der Waals surface area (Å²) in [7, 11) is 0. The van der Waals surface area contributed by atoms with Crippen LogP contribution < -0.4 is 5.32 Å². The highest BCUT2D eigenvalue weighted by Gasteiger charge is 2.13. The molecule has 0 aliphatic heterocycles. The monoisotopic (exact) mass is 401 g/mol. The molecule has 0 saturated carbocycles. The highest BCUT2D eigenvalue weighted by Crippen LogP contribution is 2.22. The minimum absolute atomic E-state index is 0.0536. The van der Waals surface area contributed by atoms with E-state index in [0.717, 1.165) is 15.4 Å². The van der Waals surface area contributed by atoms with Gasteiger partial charge in [0.15, 0.2) is 0 Å². The summed E-state index contributed by atoms with van der Waals surface area (Å²) in [5, 5.41) is 7.18. The molecule has 1 aromatic heterocycles. The van der Waals surface area contributed by atoms with E-state index in [-0.39, 0.29) is 11.9 Å². The number of carbonyl (C=O) groups is 1. The molecule has 0 saturated heterocycles. The Bertz CT molecular complexity index is 569. The van der Waals surface area contributed by atoms with Crippen LogP contribution in [0.2, 0.25) is 0 Å². The Kier molecular flexibility index (Phi) is 5.19. The quantitative estimate of drug-likeness (QED) is 0.793. The van der Waals surface area contributed by atoms with Crippen LogP contribution in [0.25, 0.3) is 0 Å². The Labute approximate surface area is 133 Å². The summed E-state index contributed by atoms with van der Waals surface area (Å²) in [5.74, 6) is -0.0536. The van der Waals surface area contributed by atoms with Crippen molar-refractivity contribution >= 4 is 49.1 Å². The van der Waals surface area contributed by atoms with E-state index in [9.17, 15) is 4.79 Å². The maximum absolute atomic E-state index is 12.2. The molecule has 5 heteroatoms. The van der Waals surface area contributed by atoms with Crippen molar-refractivity contribution in [3.8, 4) is 0 Å². The number of hydrogen-bond acceptors (Lipinski definition) is 2. The average Bonchev–Trinajstić information content (AvgIpc) is 2.81. The zero-order valence-corrected chi connectivity index (χ0v) is 14.3. The number of thiophene rings is 1. The van der Waals surface area contributed by atoms with Gasteiger partial charge in [0, 0.05) is 15.0 Å². The summed E-state index contributed by atoms with van der Waals surface area (Å²) < 4.78 is 1.74. The summed E-state index contributed by atoms with van der Waals surface area (Å²) in [4.78, 5) is 12.2. The lowest BCUT2D eigenvalue weighted by Crippen LogP contribution is -2.34. The fourth-order valence-corrected chi connectivity index (χ4v) is 3.70. The minimum Gasteiger partial charge on any atom is -0.349 e. The smallest absolute Gasteiger partial charge is 0.252 e. The largest absolute Gasteiger partial charge is 0.349 e. The Morgan fingerprint density at radius 1 is 1.37 bits per heavy atom. The highest BCUT2D eigenvalue weighted by atomic mass is 79.9. The molecule has 0 radical (unpaired) electrons. The Hall–Kier alpha value is -0.650. The van der Waals surface area contributed by atoms with E-state index in [2.05, 4.69) is 54.0 Å². The molecular formula is C14H13Br2NOS. The molecule has 1 amide bonds. The number of amides is 1. The van der Waals surface area contributed by atoms with Gasteiger partial charge >= 0.3 is 0 Å². The molecule has 0 fully saturated rings. The Balaban J connectivity index is 2.00. The standard InChI is InChI=1S/C14H13Br2NOS/c1-9(6-10-4-5-19-8-10)17-14(18)12-3-2-11(15)7-13(12)16/h2-5,7-9H,6H2,1H3,(H,17,18). The van der Waals surface area contributed by atoms with Crippen molar-refractivity contribution in [2.45, 2.75) is 19.4 Å². The van der Waals surface area contributed by atoms with Gasteiger partial charge in [0.2, 0.25) is 0 Å².